The third-order valence-corrected chi connectivity index (χ3v) is 6.59. The molecule has 0 saturated carbocycles. The third-order valence-electron chi connectivity index (χ3n) is 5.50. The van der Waals surface area contributed by atoms with E-state index in [1.165, 1.54) is 28.4 Å². The lowest BCUT2D eigenvalue weighted by atomic mass is 10.1. The molecule has 1 N–H and O–H groups in total. The number of aromatic nitrogens is 2. The zero-order chi connectivity index (χ0) is 23.9. The largest absolute Gasteiger partial charge is 0.332 e. The van der Waals surface area contributed by atoms with Crippen LogP contribution in [0.4, 0.5) is 10.1 Å². The van der Waals surface area contributed by atoms with Crippen molar-refractivity contribution >= 4 is 39.1 Å². The Kier molecular flexibility index (Phi) is 6.03. The van der Waals surface area contributed by atoms with E-state index in [9.17, 15) is 14.0 Å². The molecule has 0 radical (unpaired) electrons. The first-order valence-electron chi connectivity index (χ1n) is 10.5. The maximum Gasteiger partial charge on any atom is 0.264 e. The van der Waals surface area contributed by atoms with Crippen LogP contribution in [-0.2, 0) is 4.79 Å². The fourth-order valence-corrected chi connectivity index (χ4v) is 5.12. The van der Waals surface area contributed by atoms with Crippen molar-refractivity contribution in [3.05, 3.63) is 75.5 Å². The summed E-state index contributed by atoms with van der Waals surface area (Å²) >= 11 is 1.30. The lowest BCUT2D eigenvalue weighted by Gasteiger charge is -2.18. The fourth-order valence-electron chi connectivity index (χ4n) is 3.94. The number of hydrogen-bond acceptors (Lipinski definition) is 4. The third kappa shape index (κ3) is 4.52. The van der Waals surface area contributed by atoms with Gasteiger partial charge >= 0.3 is 0 Å². The molecular formula is C25H25FN4O2S. The number of halogens is 1. The summed E-state index contributed by atoms with van der Waals surface area (Å²) in [6.07, 6.45) is 0. The van der Waals surface area contributed by atoms with E-state index in [1.807, 2.05) is 39.8 Å². The maximum absolute atomic E-state index is 13.3. The van der Waals surface area contributed by atoms with Crippen molar-refractivity contribution in [1.82, 2.24) is 14.7 Å². The minimum Gasteiger partial charge on any atom is -0.332 e. The lowest BCUT2D eigenvalue weighted by Crippen LogP contribution is -2.34. The highest BCUT2D eigenvalue weighted by atomic mass is 32.1. The Morgan fingerprint density at radius 2 is 1.70 bits per heavy atom. The van der Waals surface area contributed by atoms with Gasteiger partial charge in [0.05, 0.1) is 22.8 Å². The van der Waals surface area contributed by atoms with Crippen molar-refractivity contribution in [3.8, 4) is 5.69 Å². The average molecular weight is 465 g/mol. The van der Waals surface area contributed by atoms with E-state index in [-0.39, 0.29) is 24.2 Å². The quantitative estimate of drug-likeness (QED) is 0.443. The normalized spacial score (nSPS) is 11.1. The molecule has 0 saturated heterocycles. The van der Waals surface area contributed by atoms with Gasteiger partial charge in [0, 0.05) is 18.1 Å². The first-order chi connectivity index (χ1) is 15.6. The number of likely N-dealkylation sites (N-methyl/N-ethyl adjacent to an activating group) is 1. The van der Waals surface area contributed by atoms with E-state index in [2.05, 4.69) is 10.4 Å². The zero-order valence-corrected chi connectivity index (χ0v) is 20.0. The molecule has 2 amide bonds. The number of carbonyl (C=O) groups is 2. The second-order valence-corrected chi connectivity index (χ2v) is 9.32. The number of benzene rings is 2. The number of carbonyl (C=O) groups excluding carboxylic acids is 2. The second kappa shape index (κ2) is 8.78. The van der Waals surface area contributed by atoms with Crippen LogP contribution >= 0.6 is 11.3 Å². The van der Waals surface area contributed by atoms with Gasteiger partial charge < -0.3 is 10.2 Å². The zero-order valence-electron chi connectivity index (χ0n) is 19.2. The van der Waals surface area contributed by atoms with Crippen molar-refractivity contribution in [1.29, 1.82) is 0 Å². The van der Waals surface area contributed by atoms with Gasteiger partial charge in [-0.1, -0.05) is 17.7 Å². The van der Waals surface area contributed by atoms with Gasteiger partial charge in [0.25, 0.3) is 5.91 Å². The molecule has 0 fully saturated rings. The number of anilines is 1. The van der Waals surface area contributed by atoms with Crippen LogP contribution in [0.2, 0.25) is 0 Å². The van der Waals surface area contributed by atoms with Crippen LogP contribution < -0.4 is 5.32 Å². The van der Waals surface area contributed by atoms with Gasteiger partial charge in [0.1, 0.15) is 10.6 Å². The van der Waals surface area contributed by atoms with Gasteiger partial charge in [-0.2, -0.15) is 5.10 Å². The summed E-state index contributed by atoms with van der Waals surface area (Å²) in [5, 5.41) is 8.32. The predicted octanol–water partition coefficient (Wildman–Crippen LogP) is 5.17. The van der Waals surface area contributed by atoms with Gasteiger partial charge in [0.2, 0.25) is 5.91 Å². The molecule has 170 valence electrons. The van der Waals surface area contributed by atoms with Crippen LogP contribution in [0, 0.1) is 33.5 Å². The van der Waals surface area contributed by atoms with Crippen LogP contribution in [0.25, 0.3) is 15.9 Å². The highest BCUT2D eigenvalue weighted by Crippen LogP contribution is 2.31. The Balaban J connectivity index is 1.53. The van der Waals surface area contributed by atoms with Crippen molar-refractivity contribution in [3.63, 3.8) is 0 Å². The molecule has 2 heterocycles. The maximum atomic E-state index is 13.3. The van der Waals surface area contributed by atoms with Crippen molar-refractivity contribution in [2.24, 2.45) is 0 Å². The molecule has 8 heteroatoms. The molecule has 4 rings (SSSR count). The van der Waals surface area contributed by atoms with Gasteiger partial charge in [0.15, 0.2) is 0 Å². The monoisotopic (exact) mass is 464 g/mol. The average Bonchev–Trinajstić information content (AvgIpc) is 3.31. The van der Waals surface area contributed by atoms with E-state index in [1.54, 1.807) is 29.9 Å². The summed E-state index contributed by atoms with van der Waals surface area (Å²) < 4.78 is 15.0. The summed E-state index contributed by atoms with van der Waals surface area (Å²) in [6, 6.07) is 11.9. The molecule has 0 aliphatic heterocycles. The minimum atomic E-state index is -0.322. The Morgan fingerprint density at radius 1 is 1.06 bits per heavy atom. The van der Waals surface area contributed by atoms with Gasteiger partial charge in [-0.15, -0.1) is 11.3 Å². The molecule has 2 aromatic heterocycles. The molecule has 33 heavy (non-hydrogen) atoms. The number of thiophene rings is 1. The Hall–Kier alpha value is -3.52. The van der Waals surface area contributed by atoms with Crippen molar-refractivity contribution in [2.45, 2.75) is 27.7 Å². The van der Waals surface area contributed by atoms with Gasteiger partial charge in [-0.25, -0.2) is 9.07 Å². The van der Waals surface area contributed by atoms with E-state index in [4.69, 9.17) is 0 Å². The Morgan fingerprint density at radius 3 is 2.33 bits per heavy atom. The number of hydrogen-bond donors (Lipinski definition) is 1. The predicted molar refractivity (Wildman–Crippen MR) is 130 cm³/mol. The highest BCUT2D eigenvalue weighted by molar-refractivity contribution is 7.20. The summed E-state index contributed by atoms with van der Waals surface area (Å²) in [6.45, 7) is 7.72. The van der Waals surface area contributed by atoms with Crippen LogP contribution in [0.5, 0.6) is 0 Å². The number of nitrogens with one attached hydrogen (secondary N) is 1. The first-order valence-corrected chi connectivity index (χ1v) is 11.3. The number of fused-ring (bicyclic) bond motifs is 1. The Bertz CT molecular complexity index is 1350. The number of amides is 2. The van der Waals surface area contributed by atoms with E-state index >= 15 is 0 Å². The van der Waals surface area contributed by atoms with Crippen LogP contribution in [0.3, 0.4) is 0 Å². The molecule has 0 bridgehead atoms. The summed E-state index contributed by atoms with van der Waals surface area (Å²) in [5.74, 6) is -0.818. The SMILES string of the molecule is Cc1cc(C)c(NC(=O)CN(C)C(=O)c2cc3c(C)nn(-c4ccc(F)cc4)c3s2)c(C)c1. The molecule has 0 spiro atoms. The van der Waals surface area contributed by atoms with Crippen molar-refractivity contribution < 1.29 is 14.0 Å². The smallest absolute Gasteiger partial charge is 0.264 e. The first kappa shape index (κ1) is 22.7. The van der Waals surface area contributed by atoms with Crippen LogP contribution in [0.1, 0.15) is 32.1 Å². The molecular weight excluding hydrogens is 439 g/mol. The van der Waals surface area contributed by atoms with Gasteiger partial charge in [-0.05, 0) is 69.2 Å². The number of nitrogens with zero attached hydrogens (tertiary/aromatic N) is 3. The summed E-state index contributed by atoms with van der Waals surface area (Å²) in [5.41, 5.74) is 5.38. The van der Waals surface area contributed by atoms with Crippen LogP contribution in [-0.4, -0.2) is 40.1 Å². The highest BCUT2D eigenvalue weighted by Gasteiger charge is 2.21. The lowest BCUT2D eigenvalue weighted by molar-refractivity contribution is -0.116. The molecule has 6 nitrogen and oxygen atoms in total. The minimum absolute atomic E-state index is 0.0666. The van der Waals surface area contributed by atoms with Crippen molar-refractivity contribution in [2.75, 3.05) is 18.9 Å². The second-order valence-electron chi connectivity index (χ2n) is 8.29. The standard InChI is InChI=1S/C25H25FN4O2S/c1-14-10-15(2)23(16(3)11-14)27-22(31)13-29(5)24(32)21-12-20-17(4)28-30(25(20)33-21)19-8-6-18(26)7-9-19/h6-12H,13H2,1-5H3,(H,27,31). The number of aryl methyl sites for hydroxylation is 4. The summed E-state index contributed by atoms with van der Waals surface area (Å²) in [7, 11) is 1.61. The molecule has 0 atom stereocenters. The molecule has 0 aliphatic rings. The summed E-state index contributed by atoms with van der Waals surface area (Å²) in [4.78, 5) is 28.4. The van der Waals surface area contributed by atoms with E-state index in [0.29, 0.717) is 10.6 Å². The van der Waals surface area contributed by atoms with Gasteiger partial charge in [-0.3, -0.25) is 9.59 Å². The van der Waals surface area contributed by atoms with E-state index in [0.717, 1.165) is 38.3 Å². The molecule has 0 unspecified atom stereocenters. The fraction of sp³-hybridized carbons (Fsp3) is 0.240. The molecule has 2 aromatic carbocycles. The topological polar surface area (TPSA) is 67.2 Å². The van der Waals surface area contributed by atoms with Crippen LogP contribution in [0.15, 0.2) is 42.5 Å². The molecule has 0 aliphatic carbocycles. The molecule has 4 aromatic rings. The Labute approximate surface area is 195 Å². The van der Waals surface area contributed by atoms with E-state index < -0.39 is 0 Å². The number of rotatable bonds is 5.